The zero-order valence-electron chi connectivity index (χ0n) is 16.2. The summed E-state index contributed by atoms with van der Waals surface area (Å²) in [5.74, 6) is 1.12. The van der Waals surface area contributed by atoms with Gasteiger partial charge in [-0.3, -0.25) is 4.79 Å². The van der Waals surface area contributed by atoms with Gasteiger partial charge in [-0.15, -0.1) is 16.4 Å². The summed E-state index contributed by atoms with van der Waals surface area (Å²) in [6.07, 6.45) is 3.24. The van der Waals surface area contributed by atoms with Gasteiger partial charge < -0.3 is 10.4 Å². The predicted molar refractivity (Wildman–Crippen MR) is 105 cm³/mol. The summed E-state index contributed by atoms with van der Waals surface area (Å²) in [4.78, 5) is 23.9. The zero-order chi connectivity index (χ0) is 19.3. The molecule has 1 aliphatic carbocycles. The highest BCUT2D eigenvalue weighted by Crippen LogP contribution is 2.43. The van der Waals surface area contributed by atoms with Crippen LogP contribution in [-0.2, 0) is 12.8 Å². The lowest BCUT2D eigenvalue weighted by molar-refractivity contribution is 0.0934. The number of hydrogen-bond donors (Lipinski definition) is 2. The smallest absolute Gasteiger partial charge is 0.291 e. The molecule has 8 heteroatoms. The Labute approximate surface area is 161 Å². The van der Waals surface area contributed by atoms with Gasteiger partial charge in [0.25, 0.3) is 5.91 Å². The molecule has 0 radical (unpaired) electrons. The maximum absolute atomic E-state index is 12.2. The molecule has 0 bridgehead atoms. The number of aliphatic hydroxyl groups is 1. The molecule has 0 saturated carbocycles. The monoisotopic (exact) mass is 387 g/mol. The van der Waals surface area contributed by atoms with E-state index in [9.17, 15) is 4.79 Å². The fraction of sp³-hybridized carbons (Fsp3) is 0.579. The van der Waals surface area contributed by atoms with Crippen LogP contribution in [0.2, 0.25) is 0 Å². The van der Waals surface area contributed by atoms with Crippen molar-refractivity contribution in [3.8, 4) is 0 Å². The van der Waals surface area contributed by atoms with Crippen molar-refractivity contribution in [1.82, 2.24) is 24.9 Å². The van der Waals surface area contributed by atoms with Crippen LogP contribution in [0.1, 0.15) is 54.1 Å². The molecule has 0 unspecified atom stereocenters. The lowest BCUT2D eigenvalue weighted by atomic mass is 9.72. The SMILES string of the molecule is Cc1nc2sc3c(c2c2nc(C(=O)NCCO)nn12)CC[C@H](C(C)(C)C)C3. The Kier molecular flexibility index (Phi) is 4.43. The third-order valence-corrected chi connectivity index (χ3v) is 6.62. The van der Waals surface area contributed by atoms with E-state index in [2.05, 4.69) is 36.2 Å². The number of carbonyl (C=O) groups is 1. The number of aromatic nitrogens is 4. The molecule has 144 valence electrons. The number of nitrogens with zero attached hydrogens (tertiary/aromatic N) is 4. The second-order valence-electron chi connectivity index (χ2n) is 8.30. The minimum atomic E-state index is -0.378. The number of carbonyl (C=O) groups excluding carboxylic acids is 1. The molecule has 1 atom stereocenters. The summed E-state index contributed by atoms with van der Waals surface area (Å²) in [5.41, 5.74) is 2.32. The fourth-order valence-corrected chi connectivity index (χ4v) is 5.20. The third kappa shape index (κ3) is 3.10. The van der Waals surface area contributed by atoms with Crippen LogP contribution < -0.4 is 5.32 Å². The summed E-state index contributed by atoms with van der Waals surface area (Å²) in [5, 5.41) is 16.9. The summed E-state index contributed by atoms with van der Waals surface area (Å²) >= 11 is 1.75. The molecule has 3 heterocycles. The van der Waals surface area contributed by atoms with Crippen molar-refractivity contribution in [1.29, 1.82) is 0 Å². The van der Waals surface area contributed by atoms with Gasteiger partial charge >= 0.3 is 0 Å². The molecule has 7 nitrogen and oxygen atoms in total. The minimum absolute atomic E-state index is 0.114. The molecular weight excluding hydrogens is 362 g/mol. The molecule has 2 N–H and O–H groups in total. The van der Waals surface area contributed by atoms with Gasteiger partial charge in [-0.2, -0.15) is 4.52 Å². The molecule has 0 saturated heterocycles. The average Bonchev–Trinajstić information content (AvgIpc) is 3.19. The van der Waals surface area contributed by atoms with Crippen molar-refractivity contribution in [3.05, 3.63) is 22.1 Å². The molecule has 1 amide bonds. The number of amides is 1. The van der Waals surface area contributed by atoms with Gasteiger partial charge in [-0.25, -0.2) is 9.97 Å². The Morgan fingerprint density at radius 2 is 2.15 bits per heavy atom. The first kappa shape index (κ1) is 18.3. The van der Waals surface area contributed by atoms with Crippen molar-refractivity contribution in [3.63, 3.8) is 0 Å². The molecule has 4 rings (SSSR count). The lowest BCUT2D eigenvalue weighted by Gasteiger charge is -2.33. The average molecular weight is 388 g/mol. The Hall–Kier alpha value is -2.06. The highest BCUT2D eigenvalue weighted by Gasteiger charge is 2.32. The van der Waals surface area contributed by atoms with E-state index >= 15 is 0 Å². The molecule has 0 aromatic carbocycles. The molecule has 3 aromatic heterocycles. The Morgan fingerprint density at radius 1 is 1.37 bits per heavy atom. The molecule has 27 heavy (non-hydrogen) atoms. The summed E-state index contributed by atoms with van der Waals surface area (Å²) in [6.45, 7) is 8.89. The van der Waals surface area contributed by atoms with E-state index in [1.807, 2.05) is 6.92 Å². The van der Waals surface area contributed by atoms with E-state index in [4.69, 9.17) is 10.1 Å². The Bertz CT molecular complexity index is 1030. The standard InChI is InChI=1S/C19H25N5O2S/c1-10-21-18-14(12-6-5-11(19(2,3)4)9-13(12)27-18)16-22-15(23-24(10)16)17(26)20-7-8-25/h11,25H,5-9H2,1-4H3,(H,20,26)/t11-/m0/s1. The number of fused-ring (bicyclic) bond motifs is 5. The second-order valence-corrected chi connectivity index (χ2v) is 9.38. The topological polar surface area (TPSA) is 92.4 Å². The molecule has 3 aromatic rings. The number of nitrogens with one attached hydrogen (secondary N) is 1. The first-order valence-corrected chi connectivity index (χ1v) is 10.2. The van der Waals surface area contributed by atoms with Gasteiger partial charge in [-0.1, -0.05) is 20.8 Å². The first-order chi connectivity index (χ1) is 12.8. The maximum Gasteiger partial charge on any atom is 0.291 e. The van der Waals surface area contributed by atoms with Gasteiger partial charge in [0.1, 0.15) is 10.7 Å². The molecule has 0 spiro atoms. The van der Waals surface area contributed by atoms with E-state index < -0.39 is 0 Å². The van der Waals surface area contributed by atoms with Crippen molar-refractivity contribution in [2.24, 2.45) is 11.3 Å². The molecular formula is C19H25N5O2S. The van der Waals surface area contributed by atoms with Crippen molar-refractivity contribution in [2.45, 2.75) is 47.0 Å². The van der Waals surface area contributed by atoms with Gasteiger partial charge in [0.15, 0.2) is 5.65 Å². The number of hydrogen-bond acceptors (Lipinski definition) is 6. The van der Waals surface area contributed by atoms with E-state index in [0.29, 0.717) is 17.0 Å². The largest absolute Gasteiger partial charge is 0.395 e. The quantitative estimate of drug-likeness (QED) is 0.720. The van der Waals surface area contributed by atoms with Gasteiger partial charge in [-0.05, 0) is 43.1 Å². The summed E-state index contributed by atoms with van der Waals surface area (Å²) < 4.78 is 1.67. The van der Waals surface area contributed by atoms with Crippen LogP contribution in [0.3, 0.4) is 0 Å². The number of aliphatic hydroxyl groups excluding tert-OH is 1. The van der Waals surface area contributed by atoms with Crippen LogP contribution >= 0.6 is 11.3 Å². The van der Waals surface area contributed by atoms with Crippen molar-refractivity contribution < 1.29 is 9.90 Å². The van der Waals surface area contributed by atoms with Crippen LogP contribution in [0.25, 0.3) is 15.9 Å². The van der Waals surface area contributed by atoms with E-state index in [0.717, 1.165) is 35.3 Å². The second kappa shape index (κ2) is 6.53. The highest BCUT2D eigenvalue weighted by molar-refractivity contribution is 7.19. The van der Waals surface area contributed by atoms with E-state index in [-0.39, 0.29) is 24.9 Å². The minimum Gasteiger partial charge on any atom is -0.395 e. The van der Waals surface area contributed by atoms with Crippen molar-refractivity contribution in [2.75, 3.05) is 13.2 Å². The van der Waals surface area contributed by atoms with Crippen LogP contribution in [0.15, 0.2) is 0 Å². The maximum atomic E-state index is 12.2. The highest BCUT2D eigenvalue weighted by atomic mass is 32.1. The van der Waals surface area contributed by atoms with Crippen LogP contribution in [0.5, 0.6) is 0 Å². The Morgan fingerprint density at radius 3 is 2.85 bits per heavy atom. The first-order valence-electron chi connectivity index (χ1n) is 9.36. The predicted octanol–water partition coefficient (Wildman–Crippen LogP) is 2.52. The van der Waals surface area contributed by atoms with Gasteiger partial charge in [0.05, 0.1) is 12.0 Å². The summed E-state index contributed by atoms with van der Waals surface area (Å²) in [6, 6.07) is 0. The van der Waals surface area contributed by atoms with E-state index in [1.54, 1.807) is 15.9 Å². The van der Waals surface area contributed by atoms with E-state index in [1.165, 1.54) is 10.4 Å². The zero-order valence-corrected chi connectivity index (χ0v) is 17.0. The Balaban J connectivity index is 1.83. The summed E-state index contributed by atoms with van der Waals surface area (Å²) in [7, 11) is 0. The molecule has 0 fully saturated rings. The van der Waals surface area contributed by atoms with Gasteiger partial charge in [0, 0.05) is 11.4 Å². The molecule has 0 aliphatic heterocycles. The van der Waals surface area contributed by atoms with Gasteiger partial charge in [0.2, 0.25) is 5.82 Å². The number of thiophene rings is 1. The van der Waals surface area contributed by atoms with Crippen LogP contribution in [-0.4, -0.2) is 43.7 Å². The molecule has 1 aliphatic rings. The van der Waals surface area contributed by atoms with Crippen LogP contribution in [0.4, 0.5) is 0 Å². The third-order valence-electron chi connectivity index (χ3n) is 5.47. The van der Waals surface area contributed by atoms with Crippen molar-refractivity contribution >= 4 is 33.1 Å². The normalized spacial score (nSPS) is 17.4. The number of aryl methyl sites for hydroxylation is 2. The fourth-order valence-electron chi connectivity index (χ4n) is 3.86. The van der Waals surface area contributed by atoms with Crippen LogP contribution in [0, 0.1) is 18.3 Å². The number of rotatable bonds is 3. The lowest BCUT2D eigenvalue weighted by Crippen LogP contribution is -2.27.